The molecular formula is C12H11ClFN3O3. The molecule has 8 heteroatoms. The van der Waals surface area contributed by atoms with E-state index < -0.39 is 23.7 Å². The number of Topliss-reactive ketones (excluding diaryl/α,β-unsaturated/α-hetero) is 1. The van der Waals surface area contributed by atoms with Gasteiger partial charge in [0.05, 0.1) is 5.02 Å². The van der Waals surface area contributed by atoms with Gasteiger partial charge >= 0.3 is 12.3 Å². The van der Waals surface area contributed by atoms with E-state index in [9.17, 15) is 14.0 Å². The summed E-state index contributed by atoms with van der Waals surface area (Å²) in [7, 11) is 1.20. The molecule has 0 fully saturated rings. The van der Waals surface area contributed by atoms with Crippen molar-refractivity contribution in [1.82, 2.24) is 4.90 Å². The lowest BCUT2D eigenvalue weighted by molar-refractivity contribution is -0.120. The fraction of sp³-hybridized carbons (Fsp3) is 0.250. The highest BCUT2D eigenvalue weighted by Gasteiger charge is 2.28. The molecule has 0 aliphatic carbocycles. The quantitative estimate of drug-likeness (QED) is 0.511. The van der Waals surface area contributed by atoms with Crippen molar-refractivity contribution in [1.29, 1.82) is 0 Å². The second-order valence-electron chi connectivity index (χ2n) is 4.01. The average molecular weight is 300 g/mol. The van der Waals surface area contributed by atoms with Gasteiger partial charge in [0.2, 0.25) is 0 Å². The van der Waals surface area contributed by atoms with Crippen molar-refractivity contribution in [3.05, 3.63) is 40.1 Å². The van der Waals surface area contributed by atoms with E-state index in [1.807, 2.05) is 0 Å². The number of hydrogen-bond donors (Lipinski definition) is 1. The van der Waals surface area contributed by atoms with Crippen molar-refractivity contribution in [2.45, 2.75) is 12.5 Å². The zero-order valence-electron chi connectivity index (χ0n) is 10.5. The molecule has 1 N–H and O–H groups in total. The van der Waals surface area contributed by atoms with Crippen LogP contribution in [0.2, 0.25) is 5.02 Å². The number of benzene rings is 1. The molecule has 1 unspecified atom stereocenters. The fourth-order valence-corrected chi connectivity index (χ4v) is 1.71. The zero-order valence-corrected chi connectivity index (χ0v) is 11.2. The number of carbonyl (C=O) groups is 2. The summed E-state index contributed by atoms with van der Waals surface area (Å²) in [5.41, 5.74) is 8.75. The van der Waals surface area contributed by atoms with Crippen LogP contribution < -0.4 is 0 Å². The van der Waals surface area contributed by atoms with Crippen molar-refractivity contribution in [3.63, 3.8) is 0 Å². The Morgan fingerprint density at radius 1 is 1.60 bits per heavy atom. The van der Waals surface area contributed by atoms with E-state index in [1.165, 1.54) is 19.2 Å². The number of amides is 1. The molecule has 0 radical (unpaired) electrons. The van der Waals surface area contributed by atoms with E-state index in [0.717, 1.165) is 11.0 Å². The van der Waals surface area contributed by atoms with Crippen molar-refractivity contribution < 1.29 is 23.9 Å². The third-order valence-electron chi connectivity index (χ3n) is 2.70. The number of carboxylic acid groups (broad SMARTS) is 1. The third-order valence-corrected chi connectivity index (χ3v) is 3.00. The number of hydrogen-bond acceptors (Lipinski definition) is 2. The van der Waals surface area contributed by atoms with Crippen LogP contribution in [0.4, 0.5) is 9.18 Å². The van der Waals surface area contributed by atoms with Crippen molar-refractivity contribution in [2.24, 2.45) is 0 Å². The van der Waals surface area contributed by atoms with Crippen LogP contribution in [-0.4, -0.2) is 46.0 Å². The van der Waals surface area contributed by atoms with Gasteiger partial charge in [-0.2, -0.15) is 4.79 Å². The van der Waals surface area contributed by atoms with Crippen molar-refractivity contribution in [3.8, 4) is 0 Å². The monoisotopic (exact) mass is 299 g/mol. The largest absolute Gasteiger partial charge is 0.465 e. The summed E-state index contributed by atoms with van der Waals surface area (Å²) in [6, 6.07) is 2.80. The van der Waals surface area contributed by atoms with Crippen LogP contribution in [0, 0.1) is 5.82 Å². The maximum absolute atomic E-state index is 13.3. The van der Waals surface area contributed by atoms with Gasteiger partial charge in [-0.15, -0.1) is 0 Å². The van der Waals surface area contributed by atoms with Crippen molar-refractivity contribution >= 4 is 29.7 Å². The normalized spacial score (nSPS) is 11.3. The predicted molar refractivity (Wildman–Crippen MR) is 69.4 cm³/mol. The van der Waals surface area contributed by atoms with E-state index in [1.54, 1.807) is 0 Å². The molecule has 106 valence electrons. The highest BCUT2D eigenvalue weighted by atomic mass is 35.5. The number of likely N-dealkylation sites (N-methyl/N-ethyl adjacent to an activating group) is 1. The summed E-state index contributed by atoms with van der Waals surface area (Å²) in [4.78, 5) is 26.0. The maximum Gasteiger partial charge on any atom is 0.407 e. The molecule has 0 spiro atoms. The summed E-state index contributed by atoms with van der Waals surface area (Å²) in [5.74, 6) is -1.38. The minimum absolute atomic E-state index is 0.0677. The first-order valence-electron chi connectivity index (χ1n) is 5.47. The summed E-state index contributed by atoms with van der Waals surface area (Å²) in [6.07, 6.45) is -0.790. The van der Waals surface area contributed by atoms with E-state index in [-0.39, 0.29) is 11.4 Å². The van der Waals surface area contributed by atoms with E-state index >= 15 is 0 Å². The van der Waals surface area contributed by atoms with E-state index in [0.29, 0.717) is 11.8 Å². The van der Waals surface area contributed by atoms with Gasteiger partial charge in [0.1, 0.15) is 11.9 Å². The van der Waals surface area contributed by atoms with E-state index in [2.05, 4.69) is 4.79 Å². The second-order valence-corrected chi connectivity index (χ2v) is 4.42. The standard InChI is InChI=1S/C12H11ClFN3O3/c1-17(12(19)20)10(11(18)6-16-15)5-7-2-3-8(13)9(14)4-7/h2-4,6,10H,5H2,1H3,(H,19,20). The van der Waals surface area contributed by atoms with Crippen molar-refractivity contribution in [2.75, 3.05) is 7.05 Å². The molecule has 0 aromatic heterocycles. The Hall–Kier alpha value is -2.24. The Bertz CT molecular complexity index is 587. The molecule has 20 heavy (non-hydrogen) atoms. The lowest BCUT2D eigenvalue weighted by Crippen LogP contribution is -2.43. The predicted octanol–water partition coefficient (Wildman–Crippen LogP) is 1.87. The molecule has 1 amide bonds. The van der Waals surface area contributed by atoms with Crippen LogP contribution >= 0.6 is 11.6 Å². The first-order valence-corrected chi connectivity index (χ1v) is 5.85. The van der Waals surface area contributed by atoms with Gasteiger partial charge < -0.3 is 15.5 Å². The topological polar surface area (TPSA) is 94.0 Å². The summed E-state index contributed by atoms with van der Waals surface area (Å²) in [5, 5.41) is 8.85. The molecule has 1 rings (SSSR count). The van der Waals surface area contributed by atoms with Crippen LogP contribution in [0.1, 0.15) is 5.56 Å². The molecule has 1 atom stereocenters. The first kappa shape index (κ1) is 15.8. The van der Waals surface area contributed by atoms with Gasteiger partial charge in [-0.3, -0.25) is 4.79 Å². The Morgan fingerprint density at radius 2 is 2.25 bits per heavy atom. The smallest absolute Gasteiger partial charge is 0.407 e. The Kier molecular flexibility index (Phi) is 5.37. The second kappa shape index (κ2) is 6.79. The van der Waals surface area contributed by atoms with Crippen LogP contribution in [0.15, 0.2) is 18.2 Å². The minimum Gasteiger partial charge on any atom is -0.465 e. The summed E-state index contributed by atoms with van der Waals surface area (Å²) >= 11 is 5.54. The molecule has 0 saturated heterocycles. The molecule has 0 heterocycles. The zero-order chi connectivity index (χ0) is 15.3. The van der Waals surface area contributed by atoms with Crippen LogP contribution in [0.25, 0.3) is 5.53 Å². The summed E-state index contributed by atoms with van der Waals surface area (Å²) < 4.78 is 13.3. The Balaban J connectivity index is 3.05. The molecule has 1 aromatic carbocycles. The van der Waals surface area contributed by atoms with Crippen LogP contribution in [0.5, 0.6) is 0 Å². The van der Waals surface area contributed by atoms with Crippen LogP contribution in [-0.2, 0) is 11.2 Å². The molecule has 0 bridgehead atoms. The Morgan fingerprint density at radius 3 is 2.75 bits per heavy atom. The highest BCUT2D eigenvalue weighted by Crippen LogP contribution is 2.17. The lowest BCUT2D eigenvalue weighted by Gasteiger charge is -2.22. The molecule has 6 nitrogen and oxygen atoms in total. The summed E-state index contributed by atoms with van der Waals surface area (Å²) in [6.45, 7) is 0. The number of ketones is 1. The molecular weight excluding hydrogens is 289 g/mol. The molecule has 1 aromatic rings. The van der Waals surface area contributed by atoms with Gasteiger partial charge in [-0.1, -0.05) is 17.7 Å². The minimum atomic E-state index is -1.33. The highest BCUT2D eigenvalue weighted by molar-refractivity contribution is 6.30. The Labute approximate surface area is 119 Å². The SMILES string of the molecule is CN(C(=O)O)C(Cc1ccc(Cl)c(F)c1)C(=O)C=[N+]=[N-]. The first-order chi connectivity index (χ1) is 9.36. The van der Waals surface area contributed by atoms with E-state index in [4.69, 9.17) is 22.2 Å². The van der Waals surface area contributed by atoms with Gasteiger partial charge in [0.15, 0.2) is 0 Å². The number of halogens is 2. The maximum atomic E-state index is 13.3. The molecule has 0 aliphatic heterocycles. The van der Waals surface area contributed by atoms with Gasteiger partial charge in [-0.25, -0.2) is 9.18 Å². The lowest BCUT2D eigenvalue weighted by atomic mass is 10.0. The number of nitrogens with zero attached hydrogens (tertiary/aromatic N) is 3. The molecule has 0 saturated carbocycles. The van der Waals surface area contributed by atoms with Gasteiger partial charge in [0.25, 0.3) is 5.78 Å². The molecule has 0 aliphatic rings. The van der Waals surface area contributed by atoms with Gasteiger partial charge in [0, 0.05) is 13.5 Å². The average Bonchev–Trinajstić information content (AvgIpc) is 2.39. The third kappa shape index (κ3) is 3.88. The fourth-order valence-electron chi connectivity index (χ4n) is 1.59. The number of carbonyl (C=O) groups excluding carboxylic acids is 1. The number of rotatable bonds is 5. The van der Waals surface area contributed by atoms with Gasteiger partial charge in [-0.05, 0) is 17.7 Å². The van der Waals surface area contributed by atoms with Crippen LogP contribution in [0.3, 0.4) is 0 Å².